The molecule has 0 spiro atoms. The molecule has 1 aromatic heterocycles. The van der Waals surface area contributed by atoms with Crippen LogP contribution in [0.25, 0.3) is 5.57 Å². The standard InChI is InChI=1S/C9H9NO3/c1-6(9(11)12)8-5-7(13-2)3-4-10-8/h3-5H,1H2,2H3,(H,11,12). The van der Waals surface area contributed by atoms with Gasteiger partial charge in [-0.25, -0.2) is 4.79 Å². The predicted octanol–water partition coefficient (Wildman–Crippen LogP) is 1.19. The number of methoxy groups -OCH3 is 1. The maximum Gasteiger partial charge on any atom is 0.337 e. The van der Waals surface area contributed by atoms with Crippen molar-refractivity contribution in [1.29, 1.82) is 0 Å². The third kappa shape index (κ3) is 2.05. The number of hydrogen-bond donors (Lipinski definition) is 1. The quantitative estimate of drug-likeness (QED) is 0.708. The molecular weight excluding hydrogens is 170 g/mol. The highest BCUT2D eigenvalue weighted by molar-refractivity contribution is 6.13. The van der Waals surface area contributed by atoms with Crippen molar-refractivity contribution in [3.05, 3.63) is 30.6 Å². The van der Waals surface area contributed by atoms with Crippen molar-refractivity contribution in [1.82, 2.24) is 4.98 Å². The van der Waals surface area contributed by atoms with Gasteiger partial charge >= 0.3 is 5.97 Å². The number of nitrogens with zero attached hydrogens (tertiary/aromatic N) is 1. The van der Waals surface area contributed by atoms with E-state index in [-0.39, 0.29) is 5.57 Å². The summed E-state index contributed by atoms with van der Waals surface area (Å²) in [4.78, 5) is 14.4. The van der Waals surface area contributed by atoms with E-state index < -0.39 is 5.97 Å². The van der Waals surface area contributed by atoms with Gasteiger partial charge in [0.25, 0.3) is 0 Å². The lowest BCUT2D eigenvalue weighted by atomic mass is 10.2. The summed E-state index contributed by atoms with van der Waals surface area (Å²) in [7, 11) is 1.50. The highest BCUT2D eigenvalue weighted by atomic mass is 16.5. The van der Waals surface area contributed by atoms with Crippen LogP contribution in [0.2, 0.25) is 0 Å². The first-order valence-corrected chi connectivity index (χ1v) is 3.57. The van der Waals surface area contributed by atoms with E-state index in [9.17, 15) is 4.79 Å². The van der Waals surface area contributed by atoms with Crippen LogP contribution in [-0.2, 0) is 4.79 Å². The van der Waals surface area contributed by atoms with Gasteiger partial charge in [0.15, 0.2) is 0 Å². The first-order chi connectivity index (χ1) is 6.15. The van der Waals surface area contributed by atoms with Crippen LogP contribution in [0, 0.1) is 0 Å². The van der Waals surface area contributed by atoms with E-state index in [1.54, 1.807) is 6.07 Å². The topological polar surface area (TPSA) is 59.4 Å². The summed E-state index contributed by atoms with van der Waals surface area (Å²) in [6, 6.07) is 3.16. The summed E-state index contributed by atoms with van der Waals surface area (Å²) >= 11 is 0. The summed E-state index contributed by atoms with van der Waals surface area (Å²) in [6.45, 7) is 3.38. The Bertz CT molecular complexity index is 346. The molecule has 4 heteroatoms. The van der Waals surface area contributed by atoms with E-state index in [0.717, 1.165) is 0 Å². The summed E-state index contributed by atoms with van der Waals surface area (Å²) in [5, 5.41) is 8.62. The van der Waals surface area contributed by atoms with Gasteiger partial charge < -0.3 is 9.84 Å². The van der Waals surface area contributed by atoms with Crippen molar-refractivity contribution in [2.24, 2.45) is 0 Å². The summed E-state index contributed by atoms with van der Waals surface area (Å²) in [6.07, 6.45) is 1.47. The second kappa shape index (κ2) is 3.71. The molecule has 0 saturated heterocycles. The molecule has 1 rings (SSSR count). The molecule has 4 nitrogen and oxygen atoms in total. The van der Waals surface area contributed by atoms with Gasteiger partial charge in [0, 0.05) is 12.3 Å². The van der Waals surface area contributed by atoms with Gasteiger partial charge in [-0.2, -0.15) is 0 Å². The Labute approximate surface area is 75.5 Å². The average Bonchev–Trinajstić information content (AvgIpc) is 2.16. The maximum atomic E-state index is 10.5. The molecule has 0 atom stereocenters. The Morgan fingerprint density at radius 3 is 2.92 bits per heavy atom. The van der Waals surface area contributed by atoms with Crippen LogP contribution in [0.4, 0.5) is 0 Å². The number of rotatable bonds is 3. The number of carboxylic acid groups (broad SMARTS) is 1. The molecule has 0 aliphatic heterocycles. The van der Waals surface area contributed by atoms with Crippen molar-refractivity contribution in [2.45, 2.75) is 0 Å². The molecule has 0 aliphatic rings. The molecule has 68 valence electrons. The fourth-order valence-electron chi connectivity index (χ4n) is 0.813. The molecule has 1 heterocycles. The molecular formula is C9H9NO3. The zero-order valence-electron chi connectivity index (χ0n) is 7.15. The van der Waals surface area contributed by atoms with Crippen LogP contribution in [-0.4, -0.2) is 23.2 Å². The van der Waals surface area contributed by atoms with Crippen LogP contribution in [0.15, 0.2) is 24.9 Å². The minimum Gasteiger partial charge on any atom is -0.497 e. The number of hydrogen-bond acceptors (Lipinski definition) is 3. The number of aromatic nitrogens is 1. The Balaban J connectivity index is 3.02. The van der Waals surface area contributed by atoms with E-state index in [1.165, 1.54) is 19.4 Å². The number of aliphatic carboxylic acids is 1. The van der Waals surface area contributed by atoms with E-state index >= 15 is 0 Å². The molecule has 0 fully saturated rings. The minimum absolute atomic E-state index is 0.0427. The second-order valence-electron chi connectivity index (χ2n) is 2.36. The van der Waals surface area contributed by atoms with Crippen LogP contribution >= 0.6 is 0 Å². The zero-order valence-corrected chi connectivity index (χ0v) is 7.15. The lowest BCUT2D eigenvalue weighted by Gasteiger charge is -2.02. The Morgan fingerprint density at radius 1 is 1.69 bits per heavy atom. The predicted molar refractivity (Wildman–Crippen MR) is 47.5 cm³/mol. The summed E-state index contributed by atoms with van der Waals surface area (Å²) in [5.74, 6) is -0.520. The highest BCUT2D eigenvalue weighted by Crippen LogP contribution is 2.15. The average molecular weight is 179 g/mol. The van der Waals surface area contributed by atoms with Gasteiger partial charge in [-0.1, -0.05) is 6.58 Å². The van der Waals surface area contributed by atoms with Gasteiger partial charge in [-0.3, -0.25) is 4.98 Å². The van der Waals surface area contributed by atoms with E-state index in [2.05, 4.69) is 11.6 Å². The maximum absolute atomic E-state index is 10.5. The van der Waals surface area contributed by atoms with Gasteiger partial charge in [-0.15, -0.1) is 0 Å². The van der Waals surface area contributed by atoms with Gasteiger partial charge in [0.05, 0.1) is 18.4 Å². The zero-order chi connectivity index (χ0) is 9.84. The normalized spacial score (nSPS) is 9.31. The number of carbonyl (C=O) groups is 1. The Hall–Kier alpha value is -1.84. The van der Waals surface area contributed by atoms with Crippen molar-refractivity contribution >= 4 is 11.5 Å². The van der Waals surface area contributed by atoms with Crippen molar-refractivity contribution in [3.63, 3.8) is 0 Å². The molecule has 13 heavy (non-hydrogen) atoms. The summed E-state index contributed by atoms with van der Waals surface area (Å²) < 4.78 is 4.91. The third-order valence-corrected chi connectivity index (χ3v) is 1.53. The van der Waals surface area contributed by atoms with Crippen molar-refractivity contribution in [2.75, 3.05) is 7.11 Å². The smallest absolute Gasteiger partial charge is 0.337 e. The SMILES string of the molecule is C=C(C(=O)O)c1cc(OC)ccn1. The largest absolute Gasteiger partial charge is 0.497 e. The van der Waals surface area contributed by atoms with Crippen LogP contribution in [0.1, 0.15) is 5.69 Å². The van der Waals surface area contributed by atoms with Crippen LogP contribution in [0.3, 0.4) is 0 Å². The fraction of sp³-hybridized carbons (Fsp3) is 0.111. The lowest BCUT2D eigenvalue weighted by molar-refractivity contribution is -0.130. The monoisotopic (exact) mass is 179 g/mol. The highest BCUT2D eigenvalue weighted by Gasteiger charge is 2.08. The molecule has 0 radical (unpaired) electrons. The molecule has 0 bridgehead atoms. The Kier molecular flexibility index (Phi) is 2.64. The third-order valence-electron chi connectivity index (χ3n) is 1.53. The number of ether oxygens (including phenoxy) is 1. The van der Waals surface area contributed by atoms with Crippen LogP contribution in [0.5, 0.6) is 5.75 Å². The molecule has 1 N–H and O–H groups in total. The molecule has 0 aromatic carbocycles. The first kappa shape index (κ1) is 9.25. The lowest BCUT2D eigenvalue weighted by Crippen LogP contribution is -2.00. The van der Waals surface area contributed by atoms with E-state index in [4.69, 9.17) is 9.84 Å². The molecule has 0 amide bonds. The fourth-order valence-corrected chi connectivity index (χ4v) is 0.813. The second-order valence-corrected chi connectivity index (χ2v) is 2.36. The van der Waals surface area contributed by atoms with Gasteiger partial charge in [-0.05, 0) is 6.07 Å². The molecule has 0 unspecified atom stereocenters. The van der Waals surface area contributed by atoms with Gasteiger partial charge in [0.2, 0.25) is 0 Å². The van der Waals surface area contributed by atoms with E-state index in [0.29, 0.717) is 11.4 Å². The van der Waals surface area contributed by atoms with Crippen LogP contribution < -0.4 is 4.74 Å². The Morgan fingerprint density at radius 2 is 2.38 bits per heavy atom. The van der Waals surface area contributed by atoms with Gasteiger partial charge in [0.1, 0.15) is 5.75 Å². The van der Waals surface area contributed by atoms with Crippen molar-refractivity contribution < 1.29 is 14.6 Å². The number of carboxylic acids is 1. The first-order valence-electron chi connectivity index (χ1n) is 3.57. The molecule has 0 saturated carbocycles. The van der Waals surface area contributed by atoms with E-state index in [1.807, 2.05) is 0 Å². The molecule has 1 aromatic rings. The minimum atomic E-state index is -1.08. The summed E-state index contributed by atoms with van der Waals surface area (Å²) in [5.41, 5.74) is 0.269. The molecule has 0 aliphatic carbocycles. The van der Waals surface area contributed by atoms with Crippen molar-refractivity contribution in [3.8, 4) is 5.75 Å². The number of pyridine rings is 1.